The lowest BCUT2D eigenvalue weighted by Gasteiger charge is -2.31. The van der Waals surface area contributed by atoms with Gasteiger partial charge in [0.15, 0.2) is 0 Å². The normalized spacial score (nSPS) is 19.6. The molecule has 5 heteroatoms. The van der Waals surface area contributed by atoms with Crippen LogP contribution in [0.3, 0.4) is 0 Å². The van der Waals surface area contributed by atoms with E-state index in [1.165, 1.54) is 19.2 Å². The van der Waals surface area contributed by atoms with E-state index in [0.717, 1.165) is 18.5 Å². The molecule has 21 heavy (non-hydrogen) atoms. The highest BCUT2D eigenvalue weighted by atomic mass is 19.1. The van der Waals surface area contributed by atoms with Crippen molar-refractivity contribution in [2.45, 2.75) is 26.3 Å². The quantitative estimate of drug-likeness (QED) is 0.800. The van der Waals surface area contributed by atoms with Gasteiger partial charge in [-0.3, -0.25) is 9.69 Å². The number of benzene rings is 1. The number of Topliss-reactive ketones (excluding diaryl/α,β-unsaturated/α-hetero) is 1. The van der Waals surface area contributed by atoms with Gasteiger partial charge in [0, 0.05) is 32.0 Å². The summed E-state index contributed by atoms with van der Waals surface area (Å²) in [5.74, 6) is -0.841. The molecule has 2 rings (SSSR count). The Bertz CT molecular complexity index is 544. The molecule has 1 aromatic carbocycles. The molecule has 4 nitrogen and oxygen atoms in total. The fraction of sp³-hybridized carbons (Fsp3) is 0.500. The van der Waals surface area contributed by atoms with Gasteiger partial charge < -0.3 is 4.74 Å². The molecule has 1 aromatic rings. The van der Waals surface area contributed by atoms with E-state index in [4.69, 9.17) is 0 Å². The fourth-order valence-corrected chi connectivity index (χ4v) is 2.67. The van der Waals surface area contributed by atoms with Crippen molar-refractivity contribution in [1.82, 2.24) is 4.90 Å². The van der Waals surface area contributed by atoms with Gasteiger partial charge in [0.25, 0.3) is 0 Å². The van der Waals surface area contributed by atoms with E-state index < -0.39 is 11.8 Å². The van der Waals surface area contributed by atoms with Gasteiger partial charge >= 0.3 is 5.97 Å². The first-order valence-electron chi connectivity index (χ1n) is 7.17. The van der Waals surface area contributed by atoms with Crippen LogP contribution < -0.4 is 0 Å². The van der Waals surface area contributed by atoms with Gasteiger partial charge in [0.2, 0.25) is 0 Å². The molecule has 1 aliphatic rings. The largest absolute Gasteiger partial charge is 0.465 e. The number of methoxy groups -OCH3 is 1. The average Bonchev–Trinajstić information content (AvgIpc) is 2.48. The zero-order valence-electron chi connectivity index (χ0n) is 12.4. The second kappa shape index (κ2) is 6.80. The molecule has 1 saturated heterocycles. The Kier molecular flexibility index (Phi) is 5.07. The van der Waals surface area contributed by atoms with Gasteiger partial charge in [-0.15, -0.1) is 0 Å². The maximum absolute atomic E-state index is 13.9. The van der Waals surface area contributed by atoms with Gasteiger partial charge in [-0.05, 0) is 24.1 Å². The van der Waals surface area contributed by atoms with Crippen molar-refractivity contribution < 1.29 is 18.7 Å². The first kappa shape index (κ1) is 15.6. The number of hydrogen-bond donors (Lipinski definition) is 0. The monoisotopic (exact) mass is 293 g/mol. The Morgan fingerprint density at radius 1 is 1.48 bits per heavy atom. The second-order valence-corrected chi connectivity index (χ2v) is 5.36. The van der Waals surface area contributed by atoms with Crippen LogP contribution in [0.2, 0.25) is 0 Å². The predicted molar refractivity (Wildman–Crippen MR) is 76.4 cm³/mol. The van der Waals surface area contributed by atoms with E-state index in [1.807, 2.05) is 6.92 Å². The molecule has 0 saturated carbocycles. The maximum atomic E-state index is 13.9. The smallest absolute Gasteiger partial charge is 0.340 e. The lowest BCUT2D eigenvalue weighted by Crippen LogP contribution is -2.40. The number of esters is 1. The Balaban J connectivity index is 2.05. The van der Waals surface area contributed by atoms with Crippen LogP contribution >= 0.6 is 0 Å². The summed E-state index contributed by atoms with van der Waals surface area (Å²) < 4.78 is 18.4. The van der Waals surface area contributed by atoms with Crippen molar-refractivity contribution in [2.75, 3.05) is 20.2 Å². The van der Waals surface area contributed by atoms with E-state index in [-0.39, 0.29) is 11.5 Å². The molecule has 1 unspecified atom stereocenters. The van der Waals surface area contributed by atoms with Gasteiger partial charge in [-0.1, -0.05) is 13.0 Å². The lowest BCUT2D eigenvalue weighted by atomic mass is 9.94. The minimum absolute atomic E-state index is 0.0542. The highest BCUT2D eigenvalue weighted by Crippen LogP contribution is 2.19. The summed E-state index contributed by atoms with van der Waals surface area (Å²) in [5.41, 5.74) is 0.742. The number of piperidine rings is 1. The summed E-state index contributed by atoms with van der Waals surface area (Å²) in [4.78, 5) is 25.2. The third-order valence-corrected chi connectivity index (χ3v) is 3.95. The van der Waals surface area contributed by atoms with Crippen LogP contribution in [0, 0.1) is 11.7 Å². The zero-order valence-corrected chi connectivity index (χ0v) is 12.4. The summed E-state index contributed by atoms with van der Waals surface area (Å²) in [5, 5.41) is 0. The Hall–Kier alpha value is -1.75. The molecule has 114 valence electrons. The Morgan fingerprint density at radius 2 is 2.24 bits per heavy atom. The number of ether oxygens (including phenoxy) is 1. The van der Waals surface area contributed by atoms with Crippen LogP contribution in [-0.2, 0) is 16.1 Å². The molecule has 0 radical (unpaired) electrons. The van der Waals surface area contributed by atoms with Crippen molar-refractivity contribution in [3.63, 3.8) is 0 Å². The standard InChI is InChI=1S/C16H20FNO3/c1-3-12-10-18(7-6-15(12)19)9-11-4-5-13(14(17)8-11)16(20)21-2/h4-5,8,12H,3,6-7,9-10H2,1-2H3. The maximum Gasteiger partial charge on any atom is 0.340 e. The number of hydrogen-bond acceptors (Lipinski definition) is 4. The topological polar surface area (TPSA) is 46.6 Å². The average molecular weight is 293 g/mol. The number of likely N-dealkylation sites (tertiary alicyclic amines) is 1. The number of rotatable bonds is 4. The Morgan fingerprint density at radius 3 is 2.86 bits per heavy atom. The molecule has 0 N–H and O–H groups in total. The molecule has 1 aliphatic heterocycles. The third-order valence-electron chi connectivity index (χ3n) is 3.95. The van der Waals surface area contributed by atoms with E-state index >= 15 is 0 Å². The molecule has 0 aromatic heterocycles. The first-order chi connectivity index (χ1) is 10.0. The summed E-state index contributed by atoms with van der Waals surface area (Å²) in [7, 11) is 1.23. The van der Waals surface area contributed by atoms with E-state index in [0.29, 0.717) is 25.3 Å². The number of carbonyl (C=O) groups is 2. The predicted octanol–water partition coefficient (Wildman–Crippen LogP) is 2.41. The Labute approximate surface area is 123 Å². The molecule has 0 spiro atoms. The summed E-state index contributed by atoms with van der Waals surface area (Å²) >= 11 is 0. The number of ketones is 1. The molecule has 0 amide bonds. The molecule has 1 fully saturated rings. The number of nitrogens with zero attached hydrogens (tertiary/aromatic N) is 1. The van der Waals surface area contributed by atoms with Crippen molar-refractivity contribution in [1.29, 1.82) is 0 Å². The number of carbonyl (C=O) groups excluding carboxylic acids is 2. The van der Waals surface area contributed by atoms with Crippen LogP contribution in [0.1, 0.15) is 35.7 Å². The van der Waals surface area contributed by atoms with Crippen LogP contribution in [0.25, 0.3) is 0 Å². The first-order valence-corrected chi connectivity index (χ1v) is 7.17. The van der Waals surface area contributed by atoms with Crippen molar-refractivity contribution in [3.05, 3.63) is 35.1 Å². The highest BCUT2D eigenvalue weighted by molar-refractivity contribution is 5.89. The zero-order chi connectivity index (χ0) is 15.4. The molecule has 1 atom stereocenters. The van der Waals surface area contributed by atoms with Crippen LogP contribution in [0.15, 0.2) is 18.2 Å². The number of halogens is 1. The molecule has 0 bridgehead atoms. The molecule has 1 heterocycles. The summed E-state index contributed by atoms with van der Waals surface area (Å²) in [6.45, 7) is 4.02. The fourth-order valence-electron chi connectivity index (χ4n) is 2.67. The third kappa shape index (κ3) is 3.67. The van der Waals surface area contributed by atoms with E-state index in [2.05, 4.69) is 9.64 Å². The molecule has 0 aliphatic carbocycles. The van der Waals surface area contributed by atoms with Crippen LogP contribution in [0.4, 0.5) is 4.39 Å². The summed E-state index contributed by atoms with van der Waals surface area (Å²) in [6.07, 6.45) is 1.40. The van der Waals surface area contributed by atoms with E-state index in [1.54, 1.807) is 6.07 Å². The molecular formula is C16H20FNO3. The van der Waals surface area contributed by atoms with Crippen molar-refractivity contribution in [3.8, 4) is 0 Å². The second-order valence-electron chi connectivity index (χ2n) is 5.36. The van der Waals surface area contributed by atoms with Crippen LogP contribution in [0.5, 0.6) is 0 Å². The van der Waals surface area contributed by atoms with Gasteiger partial charge in [-0.25, -0.2) is 9.18 Å². The minimum Gasteiger partial charge on any atom is -0.465 e. The van der Waals surface area contributed by atoms with Crippen molar-refractivity contribution >= 4 is 11.8 Å². The van der Waals surface area contributed by atoms with Crippen molar-refractivity contribution in [2.24, 2.45) is 5.92 Å². The van der Waals surface area contributed by atoms with Gasteiger partial charge in [0.05, 0.1) is 12.7 Å². The molecular weight excluding hydrogens is 273 g/mol. The minimum atomic E-state index is -0.673. The SMILES string of the molecule is CCC1CN(Cc2ccc(C(=O)OC)c(F)c2)CCC1=O. The highest BCUT2D eigenvalue weighted by Gasteiger charge is 2.25. The lowest BCUT2D eigenvalue weighted by molar-refractivity contribution is -0.126. The van der Waals surface area contributed by atoms with Gasteiger partial charge in [-0.2, -0.15) is 0 Å². The van der Waals surface area contributed by atoms with E-state index in [9.17, 15) is 14.0 Å². The van der Waals surface area contributed by atoms with Crippen LogP contribution in [-0.4, -0.2) is 36.9 Å². The summed E-state index contributed by atoms with van der Waals surface area (Å²) in [6, 6.07) is 4.54. The van der Waals surface area contributed by atoms with Gasteiger partial charge in [0.1, 0.15) is 11.6 Å².